The van der Waals surface area contributed by atoms with Crippen LogP contribution in [0.5, 0.6) is 0 Å². The quantitative estimate of drug-likeness (QED) is 0.707. The molecule has 0 radical (unpaired) electrons. The van der Waals surface area contributed by atoms with Crippen LogP contribution in [0.3, 0.4) is 0 Å². The van der Waals surface area contributed by atoms with E-state index in [0.717, 1.165) is 30.3 Å². The van der Waals surface area contributed by atoms with Gasteiger partial charge < -0.3 is 24.5 Å². The van der Waals surface area contributed by atoms with Crippen molar-refractivity contribution < 1.29 is 9.53 Å². The van der Waals surface area contributed by atoms with Crippen LogP contribution < -0.4 is 5.32 Å². The summed E-state index contributed by atoms with van der Waals surface area (Å²) in [5.41, 5.74) is 0.969. The Morgan fingerprint density at radius 2 is 2.33 bits per heavy atom. The highest BCUT2D eigenvalue weighted by Gasteiger charge is 2.18. The molecule has 0 saturated heterocycles. The molecule has 9 nitrogen and oxygen atoms in total. The Labute approximate surface area is 141 Å². The van der Waals surface area contributed by atoms with E-state index in [2.05, 4.69) is 25.5 Å². The number of nitrogens with zero attached hydrogens (tertiary/aromatic N) is 5. The summed E-state index contributed by atoms with van der Waals surface area (Å²) in [7, 11) is 3.40. The molecule has 2 rings (SSSR count). The van der Waals surface area contributed by atoms with E-state index in [0.29, 0.717) is 13.2 Å². The Morgan fingerprint density at radius 3 is 3.00 bits per heavy atom. The lowest BCUT2D eigenvalue weighted by Crippen LogP contribution is -2.39. The van der Waals surface area contributed by atoms with Gasteiger partial charge in [-0.2, -0.15) is 0 Å². The molecule has 2 amide bonds. The zero-order valence-electron chi connectivity index (χ0n) is 14.6. The van der Waals surface area contributed by atoms with Crippen LogP contribution in [0.4, 0.5) is 4.79 Å². The Kier molecular flexibility index (Phi) is 6.30. The van der Waals surface area contributed by atoms with Gasteiger partial charge in [0.25, 0.3) is 0 Å². The first-order valence-corrected chi connectivity index (χ1v) is 7.90. The van der Waals surface area contributed by atoms with Crippen LogP contribution in [0.25, 0.3) is 0 Å². The third kappa shape index (κ3) is 4.79. The van der Waals surface area contributed by atoms with Crippen molar-refractivity contribution >= 4 is 6.03 Å². The smallest absolute Gasteiger partial charge is 0.318 e. The molecule has 2 heterocycles. The fourth-order valence-corrected chi connectivity index (χ4v) is 2.35. The van der Waals surface area contributed by atoms with E-state index in [1.807, 2.05) is 18.4 Å². The minimum Gasteiger partial charge on any atom is -0.385 e. The normalized spacial score (nSPS) is 12.2. The Bertz CT molecular complexity index is 652. The summed E-state index contributed by atoms with van der Waals surface area (Å²) in [6.45, 7) is 5.64. The van der Waals surface area contributed by atoms with E-state index in [-0.39, 0.29) is 12.1 Å². The molecule has 0 fully saturated rings. The number of amides is 2. The number of rotatable bonds is 8. The molecule has 2 aromatic heterocycles. The first-order chi connectivity index (χ1) is 11.5. The zero-order chi connectivity index (χ0) is 17.5. The van der Waals surface area contributed by atoms with E-state index in [1.165, 1.54) is 0 Å². The topological polar surface area (TPSA) is 101 Å². The highest BCUT2D eigenvalue weighted by Crippen LogP contribution is 2.10. The first kappa shape index (κ1) is 17.9. The van der Waals surface area contributed by atoms with Crippen LogP contribution in [-0.4, -0.2) is 56.4 Å². The summed E-state index contributed by atoms with van der Waals surface area (Å²) in [6.07, 6.45) is 4.27. The minimum atomic E-state index is -0.247. The largest absolute Gasteiger partial charge is 0.385 e. The lowest BCUT2D eigenvalue weighted by atomic mass is 10.3. The third-order valence-corrected chi connectivity index (χ3v) is 3.61. The van der Waals surface area contributed by atoms with Gasteiger partial charge in [-0.3, -0.25) is 0 Å². The fourth-order valence-electron chi connectivity index (χ4n) is 2.35. The molecule has 9 heteroatoms. The second-order valence-corrected chi connectivity index (χ2v) is 5.77. The van der Waals surface area contributed by atoms with E-state index in [9.17, 15) is 4.79 Å². The zero-order valence-corrected chi connectivity index (χ0v) is 14.6. The molecule has 0 bridgehead atoms. The van der Waals surface area contributed by atoms with Crippen molar-refractivity contribution in [3.63, 3.8) is 0 Å². The summed E-state index contributed by atoms with van der Waals surface area (Å²) in [5, 5.41) is 11.0. The van der Waals surface area contributed by atoms with Crippen LogP contribution in [0.2, 0.25) is 0 Å². The molecule has 0 aromatic carbocycles. The van der Waals surface area contributed by atoms with Gasteiger partial charge in [-0.1, -0.05) is 0 Å². The fraction of sp³-hybridized carbons (Fsp3) is 0.600. The Morgan fingerprint density at radius 1 is 1.54 bits per heavy atom. The maximum Gasteiger partial charge on any atom is 0.318 e. The molecule has 132 valence electrons. The molecule has 1 unspecified atom stereocenters. The Hall–Kier alpha value is -2.42. The van der Waals surface area contributed by atoms with Gasteiger partial charge in [0.1, 0.15) is 12.2 Å². The molecule has 0 saturated carbocycles. The van der Waals surface area contributed by atoms with Crippen LogP contribution in [0.1, 0.15) is 36.7 Å². The molecular formula is C15H25N7O2. The number of methoxy groups -OCH3 is 1. The van der Waals surface area contributed by atoms with E-state index >= 15 is 0 Å². The highest BCUT2D eigenvalue weighted by molar-refractivity contribution is 5.74. The summed E-state index contributed by atoms with van der Waals surface area (Å²) < 4.78 is 6.99. The van der Waals surface area contributed by atoms with Gasteiger partial charge in [-0.25, -0.2) is 9.78 Å². The van der Waals surface area contributed by atoms with Crippen molar-refractivity contribution in [1.29, 1.82) is 0 Å². The lowest BCUT2D eigenvalue weighted by Gasteiger charge is -2.20. The van der Waals surface area contributed by atoms with Gasteiger partial charge in [0.2, 0.25) is 0 Å². The van der Waals surface area contributed by atoms with Crippen molar-refractivity contribution in [3.8, 4) is 0 Å². The summed E-state index contributed by atoms with van der Waals surface area (Å²) >= 11 is 0. The second-order valence-electron chi connectivity index (χ2n) is 5.77. The molecule has 0 aliphatic rings. The van der Waals surface area contributed by atoms with Crippen LogP contribution in [0.15, 0.2) is 12.5 Å². The number of ether oxygens (including phenoxy) is 1. The van der Waals surface area contributed by atoms with Crippen molar-refractivity contribution in [2.45, 2.75) is 39.4 Å². The Balaban J connectivity index is 1.90. The molecule has 1 atom stereocenters. The SMILES string of the molecule is COCCCn1cnnc1C(C)NC(=O)N(C)Cc1ncc(C)[nH]1. The predicted molar refractivity (Wildman–Crippen MR) is 88.3 cm³/mol. The number of nitrogens with one attached hydrogen (secondary N) is 2. The standard InChI is InChI=1S/C15H25N7O2/c1-11-8-16-13(18-11)9-21(3)15(23)19-12(2)14-20-17-10-22(14)6-5-7-24-4/h8,10,12H,5-7,9H2,1-4H3,(H,16,18)(H,19,23). The van der Waals surface area contributed by atoms with E-state index in [1.54, 1.807) is 31.6 Å². The van der Waals surface area contributed by atoms with Crippen LogP contribution in [0, 0.1) is 6.92 Å². The number of carbonyl (C=O) groups is 1. The number of H-pyrrole nitrogens is 1. The molecule has 0 aliphatic carbocycles. The van der Waals surface area contributed by atoms with Crippen LogP contribution in [-0.2, 0) is 17.8 Å². The molecular weight excluding hydrogens is 310 g/mol. The summed E-state index contributed by atoms with van der Waals surface area (Å²) in [6, 6.07) is -0.439. The number of urea groups is 1. The number of aromatic nitrogens is 5. The maximum absolute atomic E-state index is 12.3. The van der Waals surface area contributed by atoms with Crippen molar-refractivity contribution in [2.75, 3.05) is 20.8 Å². The second kappa shape index (κ2) is 8.44. The molecule has 2 N–H and O–H groups in total. The third-order valence-electron chi connectivity index (χ3n) is 3.61. The summed E-state index contributed by atoms with van der Waals surface area (Å²) in [4.78, 5) is 21.2. The molecule has 0 spiro atoms. The van der Waals surface area contributed by atoms with Gasteiger partial charge in [0.15, 0.2) is 5.82 Å². The van der Waals surface area contributed by atoms with Crippen LogP contribution >= 0.6 is 0 Å². The number of hydrogen-bond acceptors (Lipinski definition) is 5. The van der Waals surface area contributed by atoms with Crippen molar-refractivity contribution in [2.24, 2.45) is 0 Å². The number of hydrogen-bond donors (Lipinski definition) is 2. The maximum atomic E-state index is 12.3. The molecule has 0 aliphatic heterocycles. The monoisotopic (exact) mass is 335 g/mol. The van der Waals surface area contributed by atoms with E-state index < -0.39 is 0 Å². The van der Waals surface area contributed by atoms with Crippen molar-refractivity contribution in [3.05, 3.63) is 29.9 Å². The number of aryl methyl sites for hydroxylation is 2. The van der Waals surface area contributed by atoms with Gasteiger partial charge in [0.05, 0.1) is 12.6 Å². The lowest BCUT2D eigenvalue weighted by molar-refractivity contribution is 0.189. The van der Waals surface area contributed by atoms with Gasteiger partial charge in [-0.15, -0.1) is 10.2 Å². The number of imidazole rings is 1. The average molecular weight is 335 g/mol. The first-order valence-electron chi connectivity index (χ1n) is 7.90. The van der Waals surface area contributed by atoms with Crippen molar-refractivity contribution in [1.82, 2.24) is 34.9 Å². The number of aromatic amines is 1. The number of carbonyl (C=O) groups excluding carboxylic acids is 1. The summed E-state index contributed by atoms with van der Waals surface area (Å²) in [5.74, 6) is 1.47. The van der Waals surface area contributed by atoms with Gasteiger partial charge in [0, 0.05) is 39.2 Å². The average Bonchev–Trinajstić information content (AvgIpc) is 3.16. The molecule has 24 heavy (non-hydrogen) atoms. The predicted octanol–water partition coefficient (Wildman–Crippen LogP) is 1.25. The van der Waals surface area contributed by atoms with Gasteiger partial charge in [-0.05, 0) is 20.3 Å². The highest BCUT2D eigenvalue weighted by atomic mass is 16.5. The van der Waals surface area contributed by atoms with E-state index in [4.69, 9.17) is 4.74 Å². The minimum absolute atomic E-state index is 0.192. The molecule has 2 aromatic rings. The van der Waals surface area contributed by atoms with Gasteiger partial charge >= 0.3 is 6.03 Å².